The molecule has 0 aliphatic heterocycles. The minimum absolute atomic E-state index is 0.163. The van der Waals surface area contributed by atoms with E-state index in [1.165, 1.54) is 32.4 Å². The topological polar surface area (TPSA) is 55.8 Å². The molecule has 116 valence electrons. The Kier molecular flexibility index (Phi) is 4.99. The molecule has 2 rings (SSSR count). The minimum Gasteiger partial charge on any atom is -0.493 e. The molecule has 0 aliphatic carbocycles. The molecule has 0 bridgehead atoms. The van der Waals surface area contributed by atoms with E-state index in [-0.39, 0.29) is 12.0 Å². The monoisotopic (exact) mass is 304 g/mol. The van der Waals surface area contributed by atoms with E-state index in [4.69, 9.17) is 9.47 Å². The zero-order valence-electron chi connectivity index (χ0n) is 12.4. The van der Waals surface area contributed by atoms with Crippen molar-refractivity contribution in [3.8, 4) is 11.5 Å². The second-order valence-electron chi connectivity index (χ2n) is 4.81. The molecule has 0 fully saturated rings. The first-order valence-electron chi connectivity index (χ1n) is 6.75. The first-order valence-corrected chi connectivity index (χ1v) is 6.75. The van der Waals surface area contributed by atoms with E-state index in [1.807, 2.05) is 0 Å². The minimum atomic E-state index is -1.07. The van der Waals surface area contributed by atoms with Gasteiger partial charge < -0.3 is 14.6 Å². The zero-order chi connectivity index (χ0) is 16.1. The molecule has 1 unspecified atom stereocenters. The van der Waals surface area contributed by atoms with Crippen molar-refractivity contribution in [3.63, 3.8) is 0 Å². The summed E-state index contributed by atoms with van der Waals surface area (Å²) >= 11 is 0. The maximum atomic E-state index is 13.9. The van der Waals surface area contributed by atoms with E-state index in [2.05, 4.69) is 0 Å². The van der Waals surface area contributed by atoms with Gasteiger partial charge in [-0.2, -0.15) is 0 Å². The fourth-order valence-electron chi connectivity index (χ4n) is 2.33. The number of benzene rings is 2. The van der Waals surface area contributed by atoms with E-state index in [0.29, 0.717) is 11.5 Å². The van der Waals surface area contributed by atoms with Crippen LogP contribution >= 0.6 is 0 Å². The number of carboxylic acids is 1. The Bertz CT molecular complexity index is 669. The summed E-state index contributed by atoms with van der Waals surface area (Å²) in [5.41, 5.74) is 0.901. The Morgan fingerprint density at radius 3 is 2.41 bits per heavy atom. The van der Waals surface area contributed by atoms with Gasteiger partial charge in [0.15, 0.2) is 11.5 Å². The molecule has 2 aromatic rings. The van der Waals surface area contributed by atoms with E-state index >= 15 is 0 Å². The van der Waals surface area contributed by atoms with Crippen LogP contribution in [0.1, 0.15) is 17.0 Å². The molecule has 5 heteroatoms. The summed E-state index contributed by atoms with van der Waals surface area (Å²) < 4.78 is 24.2. The number of hydrogen-bond acceptors (Lipinski definition) is 3. The highest BCUT2D eigenvalue weighted by Crippen LogP contribution is 2.30. The Balaban J connectivity index is 2.33. The van der Waals surface area contributed by atoms with Crippen LogP contribution in [-0.2, 0) is 11.2 Å². The lowest BCUT2D eigenvalue weighted by Crippen LogP contribution is -2.16. The average Bonchev–Trinajstić information content (AvgIpc) is 2.53. The van der Waals surface area contributed by atoms with E-state index in [1.54, 1.807) is 24.3 Å². The summed E-state index contributed by atoms with van der Waals surface area (Å²) in [7, 11) is 3.03. The quantitative estimate of drug-likeness (QED) is 0.890. The van der Waals surface area contributed by atoms with Gasteiger partial charge in [-0.1, -0.05) is 24.3 Å². The number of hydrogen-bond donors (Lipinski definition) is 1. The highest BCUT2D eigenvalue weighted by Gasteiger charge is 2.23. The van der Waals surface area contributed by atoms with Crippen LogP contribution in [0.5, 0.6) is 11.5 Å². The number of carbonyl (C=O) groups is 1. The van der Waals surface area contributed by atoms with Crippen molar-refractivity contribution in [3.05, 3.63) is 59.4 Å². The van der Waals surface area contributed by atoms with Crippen molar-refractivity contribution >= 4 is 5.97 Å². The molecular formula is C17H17FO4. The largest absolute Gasteiger partial charge is 0.493 e. The molecule has 1 N–H and O–H groups in total. The van der Waals surface area contributed by atoms with Crippen LogP contribution in [-0.4, -0.2) is 25.3 Å². The van der Waals surface area contributed by atoms with Gasteiger partial charge in [-0.3, -0.25) is 4.79 Å². The molecule has 0 aromatic heterocycles. The number of halogens is 1. The molecular weight excluding hydrogens is 287 g/mol. The Labute approximate surface area is 128 Å². The molecule has 0 aliphatic rings. The van der Waals surface area contributed by atoms with Crippen LogP contribution in [0.15, 0.2) is 42.5 Å². The van der Waals surface area contributed by atoms with Crippen molar-refractivity contribution in [2.24, 2.45) is 0 Å². The fourth-order valence-corrected chi connectivity index (χ4v) is 2.33. The van der Waals surface area contributed by atoms with Gasteiger partial charge in [-0.05, 0) is 30.2 Å². The predicted octanol–water partition coefficient (Wildman–Crippen LogP) is 3.25. The van der Waals surface area contributed by atoms with E-state index < -0.39 is 17.7 Å². The lowest BCUT2D eigenvalue weighted by Gasteiger charge is -2.15. The Hall–Kier alpha value is -2.56. The van der Waals surface area contributed by atoms with Gasteiger partial charge in [0.25, 0.3) is 0 Å². The van der Waals surface area contributed by atoms with Crippen molar-refractivity contribution < 1.29 is 23.8 Å². The summed E-state index contributed by atoms with van der Waals surface area (Å²) in [6.45, 7) is 0. The summed E-state index contributed by atoms with van der Waals surface area (Å²) in [6, 6.07) is 11.1. The molecule has 0 saturated carbocycles. The smallest absolute Gasteiger partial charge is 0.311 e. The van der Waals surface area contributed by atoms with Crippen LogP contribution in [0.25, 0.3) is 0 Å². The molecule has 4 nitrogen and oxygen atoms in total. The van der Waals surface area contributed by atoms with E-state index in [9.17, 15) is 14.3 Å². The normalized spacial score (nSPS) is 11.8. The second kappa shape index (κ2) is 6.93. The van der Waals surface area contributed by atoms with Gasteiger partial charge in [0, 0.05) is 5.56 Å². The number of carboxylic acid groups (broad SMARTS) is 1. The average molecular weight is 304 g/mol. The van der Waals surface area contributed by atoms with E-state index in [0.717, 1.165) is 5.56 Å². The third-order valence-corrected chi connectivity index (χ3v) is 3.47. The lowest BCUT2D eigenvalue weighted by atomic mass is 9.91. The number of rotatable bonds is 6. The second-order valence-corrected chi connectivity index (χ2v) is 4.81. The molecule has 1 atom stereocenters. The molecule has 0 amide bonds. The Morgan fingerprint density at radius 1 is 1.14 bits per heavy atom. The molecule has 0 spiro atoms. The highest BCUT2D eigenvalue weighted by atomic mass is 19.1. The highest BCUT2D eigenvalue weighted by molar-refractivity contribution is 5.76. The fraction of sp³-hybridized carbons (Fsp3) is 0.235. The lowest BCUT2D eigenvalue weighted by molar-refractivity contribution is -0.138. The molecule has 2 aromatic carbocycles. The molecule has 0 heterocycles. The Morgan fingerprint density at radius 2 is 1.82 bits per heavy atom. The number of aliphatic carboxylic acids is 1. The van der Waals surface area contributed by atoms with Crippen LogP contribution in [0, 0.1) is 5.82 Å². The molecule has 22 heavy (non-hydrogen) atoms. The maximum absolute atomic E-state index is 13.9. The molecule has 0 radical (unpaired) electrons. The van der Waals surface area contributed by atoms with Gasteiger partial charge >= 0.3 is 5.97 Å². The number of methoxy groups -OCH3 is 2. The zero-order valence-corrected chi connectivity index (χ0v) is 12.4. The van der Waals surface area contributed by atoms with Gasteiger partial charge in [0.1, 0.15) is 5.82 Å². The van der Waals surface area contributed by atoms with Gasteiger partial charge in [-0.25, -0.2) is 4.39 Å². The number of ether oxygens (including phenoxy) is 2. The SMILES string of the molecule is COc1ccc(CC(C(=O)O)c2ccccc2F)cc1OC. The van der Waals surface area contributed by atoms with Crippen LogP contribution < -0.4 is 9.47 Å². The van der Waals surface area contributed by atoms with Gasteiger partial charge in [0.2, 0.25) is 0 Å². The first-order chi connectivity index (χ1) is 10.6. The summed E-state index contributed by atoms with van der Waals surface area (Å²) in [6.07, 6.45) is 0.163. The third kappa shape index (κ3) is 3.36. The van der Waals surface area contributed by atoms with Gasteiger partial charge in [-0.15, -0.1) is 0 Å². The van der Waals surface area contributed by atoms with Crippen molar-refractivity contribution in [2.75, 3.05) is 14.2 Å². The maximum Gasteiger partial charge on any atom is 0.311 e. The van der Waals surface area contributed by atoms with Crippen LogP contribution in [0.2, 0.25) is 0 Å². The summed E-state index contributed by atoms with van der Waals surface area (Å²) in [5.74, 6) is -1.48. The standard InChI is InChI=1S/C17H17FO4/c1-21-15-8-7-11(10-16(15)22-2)9-13(17(19)20)12-5-3-4-6-14(12)18/h3-8,10,13H,9H2,1-2H3,(H,19,20). The third-order valence-electron chi connectivity index (χ3n) is 3.47. The predicted molar refractivity (Wildman–Crippen MR) is 80.0 cm³/mol. The van der Waals surface area contributed by atoms with Crippen LogP contribution in [0.3, 0.4) is 0 Å². The van der Waals surface area contributed by atoms with Gasteiger partial charge in [0.05, 0.1) is 20.1 Å². The summed E-state index contributed by atoms with van der Waals surface area (Å²) in [4.78, 5) is 11.5. The van der Waals surface area contributed by atoms with Crippen molar-refractivity contribution in [1.82, 2.24) is 0 Å². The molecule has 0 saturated heterocycles. The van der Waals surface area contributed by atoms with Crippen molar-refractivity contribution in [1.29, 1.82) is 0 Å². The van der Waals surface area contributed by atoms with Crippen LogP contribution in [0.4, 0.5) is 4.39 Å². The summed E-state index contributed by atoms with van der Waals surface area (Å²) in [5, 5.41) is 9.42. The van der Waals surface area contributed by atoms with Crippen molar-refractivity contribution in [2.45, 2.75) is 12.3 Å². The first kappa shape index (κ1) is 15.8.